The average Bonchev–Trinajstić information content (AvgIpc) is 3.33. The summed E-state index contributed by atoms with van der Waals surface area (Å²) in [6.07, 6.45) is -3.20. The monoisotopic (exact) mass is 422 g/mol. The zero-order chi connectivity index (χ0) is 19.9. The van der Waals surface area contributed by atoms with Crippen LogP contribution in [0.25, 0.3) is 10.2 Å². The van der Waals surface area contributed by atoms with E-state index in [1.165, 1.54) is 33.6 Å². The van der Waals surface area contributed by atoms with Gasteiger partial charge in [0.05, 0.1) is 21.6 Å². The molecule has 0 spiro atoms. The van der Waals surface area contributed by atoms with Crippen LogP contribution >= 0.6 is 22.7 Å². The van der Waals surface area contributed by atoms with Gasteiger partial charge in [-0.25, -0.2) is 4.98 Å². The topological polar surface area (TPSA) is 59.8 Å². The number of carbonyl (C=O) groups excluding carboxylic acids is 1. The number of hydrogen-bond donors (Lipinski definition) is 1. The first-order valence-electron chi connectivity index (χ1n) is 8.14. The molecule has 28 heavy (non-hydrogen) atoms. The van der Waals surface area contributed by atoms with Gasteiger partial charge in [0.15, 0.2) is 10.8 Å². The quantitative estimate of drug-likeness (QED) is 0.493. The van der Waals surface area contributed by atoms with Crippen LogP contribution in [-0.4, -0.2) is 20.7 Å². The third-order valence-electron chi connectivity index (χ3n) is 3.92. The molecule has 10 heteroatoms. The van der Waals surface area contributed by atoms with E-state index in [-0.39, 0.29) is 12.5 Å². The third-order valence-corrected chi connectivity index (χ3v) is 5.83. The smallest absolute Gasteiger partial charge is 0.297 e. The molecule has 0 bridgehead atoms. The van der Waals surface area contributed by atoms with Gasteiger partial charge in [-0.15, -0.1) is 11.3 Å². The molecule has 0 unspecified atom stereocenters. The Morgan fingerprint density at radius 3 is 2.82 bits per heavy atom. The number of benzene rings is 1. The summed E-state index contributed by atoms with van der Waals surface area (Å²) < 4.78 is 40.1. The SMILES string of the molecule is Cc1ccc2nc(NC(=O)c3cc(Cn4ccc(C(F)(F)F)n4)cs3)sc2c1. The molecule has 1 aromatic carbocycles. The number of alkyl halides is 3. The number of thiazole rings is 1. The fraction of sp³-hybridized carbons (Fsp3) is 0.167. The van der Waals surface area contributed by atoms with E-state index in [0.717, 1.165) is 21.8 Å². The highest BCUT2D eigenvalue weighted by Crippen LogP contribution is 2.29. The van der Waals surface area contributed by atoms with Crippen LogP contribution in [0.1, 0.15) is 26.5 Å². The largest absolute Gasteiger partial charge is 0.435 e. The van der Waals surface area contributed by atoms with Crippen molar-refractivity contribution in [3.63, 3.8) is 0 Å². The maximum Gasteiger partial charge on any atom is 0.435 e. The molecule has 0 fully saturated rings. The number of carbonyl (C=O) groups is 1. The molecule has 0 atom stereocenters. The van der Waals surface area contributed by atoms with Crippen LogP contribution in [0.5, 0.6) is 0 Å². The van der Waals surface area contributed by atoms with E-state index in [1.54, 1.807) is 11.4 Å². The van der Waals surface area contributed by atoms with Gasteiger partial charge < -0.3 is 0 Å². The fourth-order valence-corrected chi connectivity index (χ4v) is 4.37. The van der Waals surface area contributed by atoms with Crippen molar-refractivity contribution in [3.05, 3.63) is 63.6 Å². The van der Waals surface area contributed by atoms with Gasteiger partial charge in [0.25, 0.3) is 5.91 Å². The number of aryl methyl sites for hydroxylation is 1. The van der Waals surface area contributed by atoms with E-state index < -0.39 is 11.9 Å². The van der Waals surface area contributed by atoms with E-state index >= 15 is 0 Å². The van der Waals surface area contributed by atoms with Crippen molar-refractivity contribution in [2.75, 3.05) is 5.32 Å². The Morgan fingerprint density at radius 1 is 1.25 bits per heavy atom. The Kier molecular flexibility index (Phi) is 4.68. The average molecular weight is 422 g/mol. The standard InChI is InChI=1S/C18H13F3N4OS2/c1-10-2-3-12-13(6-10)28-17(22-12)23-16(26)14-7-11(9-27-14)8-25-5-4-15(24-25)18(19,20)21/h2-7,9H,8H2,1H3,(H,22,23,26). The molecule has 4 rings (SSSR count). The number of nitrogens with one attached hydrogen (secondary N) is 1. The highest BCUT2D eigenvalue weighted by atomic mass is 32.1. The van der Waals surface area contributed by atoms with Gasteiger partial charge in [0.2, 0.25) is 0 Å². The summed E-state index contributed by atoms with van der Waals surface area (Å²) in [5.74, 6) is -0.302. The van der Waals surface area contributed by atoms with Crippen molar-refractivity contribution in [3.8, 4) is 0 Å². The van der Waals surface area contributed by atoms with Crippen LogP contribution in [0.15, 0.2) is 41.9 Å². The summed E-state index contributed by atoms with van der Waals surface area (Å²) in [4.78, 5) is 17.3. The Labute approximate surface area is 165 Å². The number of anilines is 1. The maximum atomic E-state index is 12.6. The lowest BCUT2D eigenvalue weighted by molar-refractivity contribution is -0.141. The second kappa shape index (κ2) is 7.02. The lowest BCUT2D eigenvalue weighted by Crippen LogP contribution is -2.10. The minimum absolute atomic E-state index is 0.153. The van der Waals surface area contributed by atoms with Gasteiger partial charge in [-0.2, -0.15) is 18.3 Å². The second-order valence-corrected chi connectivity index (χ2v) is 8.10. The van der Waals surface area contributed by atoms with Crippen LogP contribution in [0, 0.1) is 6.92 Å². The molecule has 0 aliphatic carbocycles. The zero-order valence-corrected chi connectivity index (χ0v) is 16.1. The number of halogens is 3. The number of hydrogen-bond acceptors (Lipinski definition) is 5. The first-order valence-corrected chi connectivity index (χ1v) is 9.84. The molecule has 0 radical (unpaired) electrons. The van der Waals surface area contributed by atoms with E-state index in [4.69, 9.17) is 0 Å². The van der Waals surface area contributed by atoms with Crippen LogP contribution < -0.4 is 5.32 Å². The van der Waals surface area contributed by atoms with E-state index in [1.807, 2.05) is 25.1 Å². The van der Waals surface area contributed by atoms with E-state index in [2.05, 4.69) is 15.4 Å². The van der Waals surface area contributed by atoms with Gasteiger partial charge in [-0.05, 0) is 47.7 Å². The van der Waals surface area contributed by atoms with Gasteiger partial charge in [-0.3, -0.25) is 14.8 Å². The minimum Gasteiger partial charge on any atom is -0.297 e. The van der Waals surface area contributed by atoms with Gasteiger partial charge in [0, 0.05) is 6.20 Å². The molecule has 1 N–H and O–H groups in total. The summed E-state index contributed by atoms with van der Waals surface area (Å²) in [7, 11) is 0. The normalized spacial score (nSPS) is 11.9. The van der Waals surface area contributed by atoms with Gasteiger partial charge >= 0.3 is 6.18 Å². The first kappa shape index (κ1) is 18.6. The van der Waals surface area contributed by atoms with Crippen molar-refractivity contribution in [1.29, 1.82) is 0 Å². The van der Waals surface area contributed by atoms with Crippen molar-refractivity contribution in [1.82, 2.24) is 14.8 Å². The number of fused-ring (bicyclic) bond motifs is 1. The Hall–Kier alpha value is -2.72. The van der Waals surface area contributed by atoms with Crippen LogP contribution in [0.4, 0.5) is 18.3 Å². The highest BCUT2D eigenvalue weighted by Gasteiger charge is 2.33. The van der Waals surface area contributed by atoms with E-state index in [0.29, 0.717) is 15.6 Å². The predicted octanol–water partition coefficient (Wildman–Crippen LogP) is 5.18. The summed E-state index contributed by atoms with van der Waals surface area (Å²) in [6.45, 7) is 2.14. The number of amides is 1. The summed E-state index contributed by atoms with van der Waals surface area (Å²) in [6, 6.07) is 8.43. The molecule has 3 aromatic heterocycles. The van der Waals surface area contributed by atoms with Crippen LogP contribution in [-0.2, 0) is 12.7 Å². The number of rotatable bonds is 4. The van der Waals surface area contributed by atoms with Crippen molar-refractivity contribution < 1.29 is 18.0 Å². The Morgan fingerprint density at radius 2 is 2.07 bits per heavy atom. The highest BCUT2D eigenvalue weighted by molar-refractivity contribution is 7.22. The molecular weight excluding hydrogens is 409 g/mol. The summed E-state index contributed by atoms with van der Waals surface area (Å²) >= 11 is 2.61. The molecule has 1 amide bonds. The third kappa shape index (κ3) is 3.92. The second-order valence-electron chi connectivity index (χ2n) is 6.16. The summed E-state index contributed by atoms with van der Waals surface area (Å²) in [5, 5.41) is 8.52. The number of aromatic nitrogens is 3. The Bertz CT molecular complexity index is 1160. The Balaban J connectivity index is 1.45. The summed E-state index contributed by atoms with van der Waals surface area (Å²) in [5.41, 5.74) is 1.69. The molecule has 144 valence electrons. The van der Waals surface area contributed by atoms with E-state index in [9.17, 15) is 18.0 Å². The van der Waals surface area contributed by atoms with Crippen molar-refractivity contribution in [2.45, 2.75) is 19.6 Å². The predicted molar refractivity (Wildman–Crippen MR) is 103 cm³/mol. The molecule has 0 saturated carbocycles. The zero-order valence-electron chi connectivity index (χ0n) is 14.4. The molecular formula is C18H13F3N4OS2. The first-order chi connectivity index (χ1) is 13.3. The van der Waals surface area contributed by atoms with Crippen LogP contribution in [0.2, 0.25) is 0 Å². The number of nitrogens with zero attached hydrogens (tertiary/aromatic N) is 3. The molecule has 0 aliphatic heterocycles. The molecule has 0 aliphatic rings. The molecule has 3 heterocycles. The van der Waals surface area contributed by atoms with Crippen molar-refractivity contribution in [2.24, 2.45) is 0 Å². The molecule has 4 aromatic rings. The number of thiophene rings is 1. The lowest BCUT2D eigenvalue weighted by atomic mass is 10.2. The van der Waals surface area contributed by atoms with Crippen LogP contribution in [0.3, 0.4) is 0 Å². The molecule has 5 nitrogen and oxygen atoms in total. The fourth-order valence-electron chi connectivity index (χ4n) is 2.61. The maximum absolute atomic E-state index is 12.6. The van der Waals surface area contributed by atoms with Crippen molar-refractivity contribution >= 4 is 43.9 Å². The molecule has 0 saturated heterocycles. The lowest BCUT2D eigenvalue weighted by Gasteiger charge is -2.01. The van der Waals surface area contributed by atoms with Gasteiger partial charge in [-0.1, -0.05) is 17.4 Å². The minimum atomic E-state index is -4.47. The van der Waals surface area contributed by atoms with Gasteiger partial charge in [0.1, 0.15) is 0 Å².